The number of carboxylic acid groups (broad SMARTS) is 1. The number of benzene rings is 3. The van der Waals surface area contributed by atoms with Crippen molar-refractivity contribution < 1.29 is 19.4 Å². The fraction of sp³-hybridized carbons (Fsp3) is 0.0455. The molecule has 0 aliphatic heterocycles. The molecule has 0 bridgehead atoms. The van der Waals surface area contributed by atoms with E-state index in [0.717, 1.165) is 0 Å². The lowest BCUT2D eigenvalue weighted by Gasteiger charge is -2.18. The summed E-state index contributed by atoms with van der Waals surface area (Å²) in [6.45, 7) is 0. The van der Waals surface area contributed by atoms with Crippen molar-refractivity contribution in [3.05, 3.63) is 72.3 Å². The standard InChI is InChI=1S/C22H20N4O4/c23-22(24)26-16-6-4-5-14(11-16)18-10-9-15(12-19(28)29)21(20(18)25-13-27)30-17-7-2-1-3-8-17/h1-11,13H,12H2,(H,25,27)(H,28,29)(H4,23,24,26). The molecule has 0 saturated carbocycles. The van der Waals surface area contributed by atoms with E-state index in [1.54, 1.807) is 54.6 Å². The van der Waals surface area contributed by atoms with E-state index in [2.05, 4.69) is 10.3 Å². The summed E-state index contributed by atoms with van der Waals surface area (Å²) < 4.78 is 6.00. The van der Waals surface area contributed by atoms with Crippen LogP contribution in [0.1, 0.15) is 5.56 Å². The molecule has 1 amide bonds. The van der Waals surface area contributed by atoms with Gasteiger partial charge in [0.25, 0.3) is 0 Å². The Morgan fingerprint density at radius 3 is 2.50 bits per heavy atom. The zero-order valence-corrected chi connectivity index (χ0v) is 15.9. The van der Waals surface area contributed by atoms with Crippen LogP contribution in [0.4, 0.5) is 11.4 Å². The minimum atomic E-state index is -1.02. The molecule has 6 N–H and O–H groups in total. The van der Waals surface area contributed by atoms with Crippen LogP contribution in [-0.2, 0) is 16.0 Å². The minimum absolute atomic E-state index is 0.0803. The lowest BCUT2D eigenvalue weighted by molar-refractivity contribution is -0.136. The number of carbonyl (C=O) groups excluding carboxylic acids is 1. The Bertz CT molecular complexity index is 1090. The van der Waals surface area contributed by atoms with Crippen molar-refractivity contribution >= 4 is 29.7 Å². The van der Waals surface area contributed by atoms with Crippen molar-refractivity contribution in [2.45, 2.75) is 6.42 Å². The molecule has 0 aliphatic rings. The largest absolute Gasteiger partial charge is 0.481 e. The van der Waals surface area contributed by atoms with Crippen LogP contribution in [0.2, 0.25) is 0 Å². The maximum atomic E-state index is 11.4. The Morgan fingerprint density at radius 1 is 1.07 bits per heavy atom. The third kappa shape index (κ3) is 4.93. The average Bonchev–Trinajstić information content (AvgIpc) is 2.71. The van der Waals surface area contributed by atoms with Crippen molar-refractivity contribution in [1.29, 1.82) is 0 Å². The van der Waals surface area contributed by atoms with Crippen LogP contribution in [0.5, 0.6) is 11.5 Å². The number of guanidine groups is 1. The third-order valence-corrected chi connectivity index (χ3v) is 4.16. The lowest BCUT2D eigenvalue weighted by atomic mass is 9.98. The summed E-state index contributed by atoms with van der Waals surface area (Å²) in [5.41, 5.74) is 13.5. The maximum absolute atomic E-state index is 11.4. The van der Waals surface area contributed by atoms with Gasteiger partial charge in [-0.25, -0.2) is 4.99 Å². The molecule has 3 aromatic carbocycles. The number of carbonyl (C=O) groups is 2. The molecule has 8 nitrogen and oxygen atoms in total. The van der Waals surface area contributed by atoms with Crippen molar-refractivity contribution in [2.75, 3.05) is 5.32 Å². The molecule has 0 spiro atoms. The zero-order valence-electron chi connectivity index (χ0n) is 15.9. The normalized spacial score (nSPS) is 10.1. The summed E-state index contributed by atoms with van der Waals surface area (Å²) in [6.07, 6.45) is 0.241. The Kier molecular flexibility index (Phi) is 6.29. The molecule has 0 heterocycles. The molecule has 0 saturated heterocycles. The van der Waals surface area contributed by atoms with Gasteiger partial charge in [0.05, 0.1) is 17.8 Å². The third-order valence-electron chi connectivity index (χ3n) is 4.16. The smallest absolute Gasteiger partial charge is 0.307 e. The monoisotopic (exact) mass is 404 g/mol. The highest BCUT2D eigenvalue weighted by Gasteiger charge is 2.19. The van der Waals surface area contributed by atoms with Gasteiger partial charge in [-0.3, -0.25) is 9.59 Å². The second kappa shape index (κ2) is 9.24. The van der Waals surface area contributed by atoms with E-state index in [1.807, 2.05) is 12.1 Å². The lowest BCUT2D eigenvalue weighted by Crippen LogP contribution is -2.21. The van der Waals surface area contributed by atoms with Crippen LogP contribution in [0.25, 0.3) is 11.1 Å². The van der Waals surface area contributed by atoms with Gasteiger partial charge in [0.1, 0.15) is 5.75 Å². The Morgan fingerprint density at radius 2 is 1.83 bits per heavy atom. The number of amides is 1. The maximum Gasteiger partial charge on any atom is 0.307 e. The van der Waals surface area contributed by atoms with Crippen LogP contribution in [-0.4, -0.2) is 23.4 Å². The number of para-hydroxylation sites is 1. The first-order chi connectivity index (χ1) is 14.5. The molecule has 0 unspecified atom stereocenters. The quantitative estimate of drug-likeness (QED) is 0.258. The number of nitrogens with zero attached hydrogens (tertiary/aromatic N) is 1. The van der Waals surface area contributed by atoms with Crippen LogP contribution < -0.4 is 21.5 Å². The van der Waals surface area contributed by atoms with E-state index in [1.165, 1.54) is 0 Å². The Hall–Kier alpha value is -4.33. The molecular weight excluding hydrogens is 384 g/mol. The van der Waals surface area contributed by atoms with Gasteiger partial charge in [-0.15, -0.1) is 0 Å². The van der Waals surface area contributed by atoms with Gasteiger partial charge in [0.2, 0.25) is 6.41 Å². The van der Waals surface area contributed by atoms with E-state index in [9.17, 15) is 14.7 Å². The first-order valence-electron chi connectivity index (χ1n) is 8.98. The number of aliphatic imine (C=N–C) groups is 1. The topological polar surface area (TPSA) is 140 Å². The second-order valence-electron chi connectivity index (χ2n) is 6.31. The van der Waals surface area contributed by atoms with Gasteiger partial charge in [-0.1, -0.05) is 42.5 Å². The number of anilines is 1. The number of rotatable bonds is 8. The summed E-state index contributed by atoms with van der Waals surface area (Å²) >= 11 is 0. The van der Waals surface area contributed by atoms with Crippen molar-refractivity contribution in [2.24, 2.45) is 16.5 Å². The Labute approximate surface area is 172 Å². The molecule has 0 radical (unpaired) electrons. The molecule has 0 aromatic heterocycles. The highest BCUT2D eigenvalue weighted by Crippen LogP contribution is 2.41. The van der Waals surface area contributed by atoms with Gasteiger partial charge >= 0.3 is 5.97 Å². The Balaban J connectivity index is 2.19. The van der Waals surface area contributed by atoms with Crippen LogP contribution in [0, 0.1) is 0 Å². The predicted molar refractivity (Wildman–Crippen MR) is 115 cm³/mol. The molecule has 0 aliphatic carbocycles. The number of aliphatic carboxylic acids is 1. The zero-order chi connectivity index (χ0) is 21.5. The highest BCUT2D eigenvalue weighted by atomic mass is 16.5. The average molecular weight is 404 g/mol. The highest BCUT2D eigenvalue weighted by molar-refractivity contribution is 5.92. The molecule has 152 valence electrons. The van der Waals surface area contributed by atoms with E-state index in [-0.39, 0.29) is 18.1 Å². The van der Waals surface area contributed by atoms with Crippen LogP contribution >= 0.6 is 0 Å². The number of hydrogen-bond donors (Lipinski definition) is 4. The summed E-state index contributed by atoms with van der Waals surface area (Å²) in [5.74, 6) is -0.347. The van der Waals surface area contributed by atoms with Gasteiger partial charge in [0, 0.05) is 11.1 Å². The molecule has 3 aromatic rings. The van der Waals surface area contributed by atoms with Gasteiger partial charge in [-0.05, 0) is 29.8 Å². The van der Waals surface area contributed by atoms with Gasteiger partial charge < -0.3 is 26.6 Å². The van der Waals surface area contributed by atoms with Gasteiger partial charge in [0.15, 0.2) is 11.7 Å². The fourth-order valence-corrected chi connectivity index (χ4v) is 2.99. The number of carboxylic acids is 1. The second-order valence-corrected chi connectivity index (χ2v) is 6.31. The molecular formula is C22H20N4O4. The van der Waals surface area contributed by atoms with E-state index in [0.29, 0.717) is 40.2 Å². The van der Waals surface area contributed by atoms with Crippen molar-refractivity contribution in [3.63, 3.8) is 0 Å². The molecule has 3 rings (SSSR count). The summed E-state index contributed by atoms with van der Waals surface area (Å²) in [5, 5.41) is 12.0. The van der Waals surface area contributed by atoms with E-state index < -0.39 is 5.97 Å². The van der Waals surface area contributed by atoms with Gasteiger partial charge in [-0.2, -0.15) is 0 Å². The van der Waals surface area contributed by atoms with Crippen molar-refractivity contribution in [1.82, 2.24) is 0 Å². The first-order valence-corrected chi connectivity index (χ1v) is 8.98. The molecule has 8 heteroatoms. The number of hydrogen-bond acceptors (Lipinski definition) is 4. The predicted octanol–water partition coefficient (Wildman–Crippen LogP) is 3.25. The molecule has 0 fully saturated rings. The summed E-state index contributed by atoms with van der Waals surface area (Å²) in [6, 6.07) is 19.3. The SMILES string of the molecule is NC(N)=Nc1cccc(-c2ccc(CC(=O)O)c(Oc3ccccc3)c2NC=O)c1. The summed E-state index contributed by atoms with van der Waals surface area (Å²) in [4.78, 5) is 26.8. The van der Waals surface area contributed by atoms with Crippen LogP contribution in [0.3, 0.4) is 0 Å². The fourth-order valence-electron chi connectivity index (χ4n) is 2.99. The molecule has 30 heavy (non-hydrogen) atoms. The summed E-state index contributed by atoms with van der Waals surface area (Å²) in [7, 11) is 0. The minimum Gasteiger partial charge on any atom is -0.481 e. The van der Waals surface area contributed by atoms with Crippen molar-refractivity contribution in [3.8, 4) is 22.6 Å². The first kappa shape index (κ1) is 20.4. The van der Waals surface area contributed by atoms with Crippen LogP contribution in [0.15, 0.2) is 71.7 Å². The number of nitrogens with two attached hydrogens (primary N) is 2. The molecule has 0 atom stereocenters. The van der Waals surface area contributed by atoms with E-state index in [4.69, 9.17) is 16.2 Å². The number of nitrogens with one attached hydrogen (secondary N) is 1. The number of ether oxygens (including phenoxy) is 1. The van der Waals surface area contributed by atoms with E-state index >= 15 is 0 Å².